The molecule has 0 aliphatic heterocycles. The highest BCUT2D eigenvalue weighted by molar-refractivity contribution is 5.94. The molecular weight excluding hydrogens is 277 g/mol. The van der Waals surface area contributed by atoms with Gasteiger partial charge in [-0.15, -0.1) is 0 Å². The van der Waals surface area contributed by atoms with Gasteiger partial charge < -0.3 is 15.4 Å². The Bertz CT molecular complexity index is 509. The Hall–Kier alpha value is -2.25. The van der Waals surface area contributed by atoms with Crippen LogP contribution in [0.4, 0.5) is 18.0 Å². The lowest BCUT2D eigenvalue weighted by Gasteiger charge is -2.08. The van der Waals surface area contributed by atoms with Crippen molar-refractivity contribution in [3.05, 3.63) is 35.1 Å². The predicted octanol–water partition coefficient (Wildman–Crippen LogP) is 1.58. The topological polar surface area (TPSA) is 67.4 Å². The van der Waals surface area contributed by atoms with Crippen LogP contribution in [0, 0.1) is 17.5 Å². The van der Waals surface area contributed by atoms with E-state index in [0.717, 1.165) is 6.07 Å². The second-order valence-corrected chi connectivity index (χ2v) is 3.63. The van der Waals surface area contributed by atoms with Gasteiger partial charge in [0.2, 0.25) is 0 Å². The monoisotopic (exact) mass is 290 g/mol. The van der Waals surface area contributed by atoms with E-state index < -0.39 is 35.0 Å². The average molecular weight is 290 g/mol. The zero-order chi connectivity index (χ0) is 15.1. The molecule has 1 aromatic carbocycles. The zero-order valence-electron chi connectivity index (χ0n) is 10.6. The van der Waals surface area contributed by atoms with Crippen LogP contribution in [0.5, 0.6) is 0 Å². The Morgan fingerprint density at radius 1 is 1.10 bits per heavy atom. The van der Waals surface area contributed by atoms with E-state index in [0.29, 0.717) is 6.07 Å². The van der Waals surface area contributed by atoms with Crippen molar-refractivity contribution in [2.24, 2.45) is 0 Å². The van der Waals surface area contributed by atoms with Crippen LogP contribution in [0.1, 0.15) is 17.3 Å². The molecule has 1 aromatic rings. The lowest BCUT2D eigenvalue weighted by molar-refractivity contribution is 0.0947. The molecule has 0 aromatic heterocycles. The van der Waals surface area contributed by atoms with Gasteiger partial charge in [0.1, 0.15) is 0 Å². The number of hydrogen-bond acceptors (Lipinski definition) is 3. The molecule has 8 heteroatoms. The molecule has 2 amide bonds. The number of alkyl carbamates (subject to hydrolysis) is 1. The summed E-state index contributed by atoms with van der Waals surface area (Å²) >= 11 is 0. The van der Waals surface area contributed by atoms with Gasteiger partial charge in [-0.25, -0.2) is 18.0 Å². The molecule has 0 heterocycles. The number of amides is 2. The molecular formula is C12H13F3N2O3. The Balaban J connectivity index is 2.48. The van der Waals surface area contributed by atoms with E-state index >= 15 is 0 Å². The number of ether oxygens (including phenoxy) is 1. The van der Waals surface area contributed by atoms with Gasteiger partial charge in [0, 0.05) is 13.1 Å². The minimum absolute atomic E-state index is 0.0178. The molecule has 0 saturated carbocycles. The van der Waals surface area contributed by atoms with E-state index in [1.54, 1.807) is 6.92 Å². The molecule has 5 nitrogen and oxygen atoms in total. The lowest BCUT2D eigenvalue weighted by atomic mass is 10.2. The fourth-order valence-electron chi connectivity index (χ4n) is 1.32. The number of rotatable bonds is 5. The third kappa shape index (κ3) is 4.15. The molecule has 20 heavy (non-hydrogen) atoms. The van der Waals surface area contributed by atoms with Crippen LogP contribution in [0.3, 0.4) is 0 Å². The molecule has 0 fully saturated rings. The highest BCUT2D eigenvalue weighted by Gasteiger charge is 2.18. The highest BCUT2D eigenvalue weighted by atomic mass is 19.2. The second-order valence-electron chi connectivity index (χ2n) is 3.63. The fourth-order valence-corrected chi connectivity index (χ4v) is 1.32. The number of benzene rings is 1. The SMILES string of the molecule is CCOC(=O)NCCNC(=O)c1ccc(F)c(F)c1F. The quantitative estimate of drug-likeness (QED) is 0.639. The Labute approximate surface area is 113 Å². The number of halogens is 3. The molecule has 0 aliphatic carbocycles. The van der Waals surface area contributed by atoms with Gasteiger partial charge in [-0.1, -0.05) is 0 Å². The van der Waals surface area contributed by atoms with Crippen molar-refractivity contribution in [3.8, 4) is 0 Å². The molecule has 2 N–H and O–H groups in total. The Morgan fingerprint density at radius 2 is 1.75 bits per heavy atom. The maximum atomic E-state index is 13.3. The van der Waals surface area contributed by atoms with Crippen LogP contribution in [-0.4, -0.2) is 31.7 Å². The van der Waals surface area contributed by atoms with Crippen molar-refractivity contribution >= 4 is 12.0 Å². The summed E-state index contributed by atoms with van der Waals surface area (Å²) < 4.78 is 43.5. The third-order valence-corrected chi connectivity index (χ3v) is 2.24. The van der Waals surface area contributed by atoms with Gasteiger partial charge in [0.05, 0.1) is 12.2 Å². The van der Waals surface area contributed by atoms with Crippen LogP contribution in [0.25, 0.3) is 0 Å². The van der Waals surface area contributed by atoms with E-state index in [2.05, 4.69) is 15.4 Å². The minimum atomic E-state index is -1.71. The summed E-state index contributed by atoms with van der Waals surface area (Å²) in [6.07, 6.45) is -0.652. The van der Waals surface area contributed by atoms with Crippen molar-refractivity contribution in [2.75, 3.05) is 19.7 Å². The summed E-state index contributed by atoms with van der Waals surface area (Å²) in [5.74, 6) is -5.54. The van der Waals surface area contributed by atoms with Crippen molar-refractivity contribution in [3.63, 3.8) is 0 Å². The van der Waals surface area contributed by atoms with Crippen molar-refractivity contribution in [1.82, 2.24) is 10.6 Å². The summed E-state index contributed by atoms with van der Waals surface area (Å²) in [7, 11) is 0. The Kier molecular flexibility index (Phi) is 5.82. The van der Waals surface area contributed by atoms with Gasteiger partial charge >= 0.3 is 6.09 Å². The van der Waals surface area contributed by atoms with Crippen molar-refractivity contribution < 1.29 is 27.5 Å². The molecule has 0 atom stereocenters. The summed E-state index contributed by atoms with van der Waals surface area (Å²) in [4.78, 5) is 22.4. The zero-order valence-corrected chi connectivity index (χ0v) is 10.6. The number of hydrogen-bond donors (Lipinski definition) is 2. The summed E-state index contributed by atoms with van der Waals surface area (Å²) in [5, 5.41) is 4.57. The fraction of sp³-hybridized carbons (Fsp3) is 0.333. The van der Waals surface area contributed by atoms with Gasteiger partial charge in [-0.05, 0) is 19.1 Å². The van der Waals surface area contributed by atoms with Gasteiger partial charge in [-0.3, -0.25) is 4.79 Å². The van der Waals surface area contributed by atoms with Crippen molar-refractivity contribution in [1.29, 1.82) is 0 Å². The van der Waals surface area contributed by atoms with E-state index in [4.69, 9.17) is 0 Å². The number of carbonyl (C=O) groups excluding carboxylic acids is 2. The highest BCUT2D eigenvalue weighted by Crippen LogP contribution is 2.14. The average Bonchev–Trinajstić information content (AvgIpc) is 2.41. The van der Waals surface area contributed by atoms with E-state index in [-0.39, 0.29) is 19.7 Å². The standard InChI is InChI=1S/C12H13F3N2O3/c1-2-20-12(19)17-6-5-16-11(18)7-3-4-8(13)10(15)9(7)14/h3-4H,2,5-6H2,1H3,(H,16,18)(H,17,19). The van der Waals surface area contributed by atoms with Crippen LogP contribution < -0.4 is 10.6 Å². The molecule has 0 saturated heterocycles. The predicted molar refractivity (Wildman–Crippen MR) is 63.7 cm³/mol. The van der Waals surface area contributed by atoms with E-state index in [1.165, 1.54) is 0 Å². The summed E-state index contributed by atoms with van der Waals surface area (Å²) in [6, 6.07) is 1.49. The first-order chi connectivity index (χ1) is 9.47. The normalized spacial score (nSPS) is 10.0. The van der Waals surface area contributed by atoms with E-state index in [1.807, 2.05) is 0 Å². The number of carbonyl (C=O) groups is 2. The van der Waals surface area contributed by atoms with Crippen molar-refractivity contribution in [2.45, 2.75) is 6.92 Å². The summed E-state index contributed by atoms with van der Waals surface area (Å²) in [6.45, 7) is 1.87. The molecule has 1 rings (SSSR count). The first-order valence-corrected chi connectivity index (χ1v) is 5.79. The first-order valence-electron chi connectivity index (χ1n) is 5.79. The lowest BCUT2D eigenvalue weighted by Crippen LogP contribution is -2.35. The molecule has 0 radical (unpaired) electrons. The van der Waals surface area contributed by atoms with E-state index in [9.17, 15) is 22.8 Å². The molecule has 0 aliphatic rings. The maximum absolute atomic E-state index is 13.3. The van der Waals surface area contributed by atoms with Gasteiger partial charge in [-0.2, -0.15) is 0 Å². The Morgan fingerprint density at radius 3 is 2.40 bits per heavy atom. The minimum Gasteiger partial charge on any atom is -0.450 e. The van der Waals surface area contributed by atoms with Crippen LogP contribution in [0.15, 0.2) is 12.1 Å². The number of nitrogens with one attached hydrogen (secondary N) is 2. The summed E-state index contributed by atoms with van der Waals surface area (Å²) in [5.41, 5.74) is -0.611. The second kappa shape index (κ2) is 7.37. The molecule has 110 valence electrons. The van der Waals surface area contributed by atoms with Crippen LogP contribution in [-0.2, 0) is 4.74 Å². The first kappa shape index (κ1) is 15.8. The molecule has 0 unspecified atom stereocenters. The van der Waals surface area contributed by atoms with Gasteiger partial charge in [0.15, 0.2) is 17.5 Å². The van der Waals surface area contributed by atoms with Gasteiger partial charge in [0.25, 0.3) is 5.91 Å². The molecule has 0 spiro atoms. The largest absolute Gasteiger partial charge is 0.450 e. The third-order valence-electron chi connectivity index (χ3n) is 2.24. The maximum Gasteiger partial charge on any atom is 0.407 e. The smallest absolute Gasteiger partial charge is 0.407 e. The van der Waals surface area contributed by atoms with Crippen LogP contribution >= 0.6 is 0 Å². The van der Waals surface area contributed by atoms with Crippen LogP contribution in [0.2, 0.25) is 0 Å². The molecule has 0 bridgehead atoms.